The molecule has 2 aromatic carbocycles. The van der Waals surface area contributed by atoms with Gasteiger partial charge in [0.1, 0.15) is 11.5 Å². The molecule has 0 saturated heterocycles. The minimum atomic E-state index is -0.0706. The van der Waals surface area contributed by atoms with Crippen LogP contribution in [0.4, 0.5) is 0 Å². The van der Waals surface area contributed by atoms with E-state index in [1.54, 1.807) is 0 Å². The number of hydrogen-bond donors (Lipinski definition) is 6. The van der Waals surface area contributed by atoms with Crippen LogP contribution in [0.3, 0.4) is 0 Å². The lowest BCUT2D eigenvalue weighted by Crippen LogP contribution is -2.40. The zero-order chi connectivity index (χ0) is 33.4. The first-order chi connectivity index (χ1) is 20.0. The number of hydrogen-bond acceptors (Lipinski definition) is 6. The minimum absolute atomic E-state index is 0.0252. The highest BCUT2D eigenvalue weighted by molar-refractivity contribution is 5.49. The minimum Gasteiger partial charge on any atom is -0.507 e. The van der Waals surface area contributed by atoms with Crippen molar-refractivity contribution < 1.29 is 10.2 Å². The molecule has 0 spiro atoms. The van der Waals surface area contributed by atoms with Crippen molar-refractivity contribution in [2.45, 2.75) is 132 Å². The van der Waals surface area contributed by atoms with E-state index in [2.05, 4.69) is 142 Å². The lowest BCUT2D eigenvalue weighted by atomic mass is 9.82. The molecule has 4 unspecified atom stereocenters. The standard InChI is InChI=1S/C38H64N4O2/c1-23-29-15-27(35(5,6)7)16-30(33(29)43)24(2)41-21-38(13,14)22-42-26(4)32-18-28(36(8,9)10)17-31(34(32)44)25(3)40-20-37(11,12)19-39-23/h15-18,23-26,39-44H,19-22H2,1-14H3. The van der Waals surface area contributed by atoms with E-state index < -0.39 is 0 Å². The van der Waals surface area contributed by atoms with Crippen molar-refractivity contribution in [3.05, 3.63) is 57.6 Å². The molecule has 6 nitrogen and oxygen atoms in total. The van der Waals surface area contributed by atoms with E-state index in [9.17, 15) is 10.2 Å². The number of fused-ring (bicyclic) bond motifs is 4. The summed E-state index contributed by atoms with van der Waals surface area (Å²) in [5.41, 5.74) is 6.00. The lowest BCUT2D eigenvalue weighted by Gasteiger charge is -2.33. The van der Waals surface area contributed by atoms with Gasteiger partial charge < -0.3 is 31.5 Å². The van der Waals surface area contributed by atoms with E-state index in [4.69, 9.17) is 0 Å². The Morgan fingerprint density at radius 2 is 0.705 bits per heavy atom. The molecule has 248 valence electrons. The van der Waals surface area contributed by atoms with Crippen LogP contribution in [0, 0.1) is 10.8 Å². The second-order valence-electron chi connectivity index (χ2n) is 17.2. The van der Waals surface area contributed by atoms with E-state index in [-0.39, 0.29) is 45.8 Å². The maximum atomic E-state index is 11.6. The van der Waals surface area contributed by atoms with Gasteiger partial charge in [-0.2, -0.15) is 0 Å². The highest BCUT2D eigenvalue weighted by atomic mass is 16.3. The fourth-order valence-electron chi connectivity index (χ4n) is 5.83. The maximum Gasteiger partial charge on any atom is 0.125 e. The SMILES string of the molecule is CC1NCC(C)(C)CNC(C)c2cc(C(C)(C)C)cc(c2O)C(C)NCC(C)(C)CNC(C)c2cc(C(C)(C)C)cc1c2O. The molecule has 0 aromatic heterocycles. The molecule has 0 aliphatic carbocycles. The summed E-state index contributed by atoms with van der Waals surface area (Å²) in [5, 5.41) is 38.2. The number of phenols is 2. The van der Waals surface area contributed by atoms with Crippen LogP contribution < -0.4 is 21.3 Å². The van der Waals surface area contributed by atoms with Gasteiger partial charge in [-0.1, -0.05) is 69.2 Å². The van der Waals surface area contributed by atoms with Gasteiger partial charge in [0.2, 0.25) is 0 Å². The van der Waals surface area contributed by atoms with Crippen molar-refractivity contribution in [2.75, 3.05) is 26.2 Å². The molecule has 0 radical (unpaired) electrons. The summed E-state index contributed by atoms with van der Waals surface area (Å²) in [6, 6.07) is 8.62. The number of benzene rings is 2. The van der Waals surface area contributed by atoms with Crippen LogP contribution in [0.1, 0.15) is 154 Å². The van der Waals surface area contributed by atoms with Crippen LogP contribution >= 0.6 is 0 Å². The van der Waals surface area contributed by atoms with E-state index in [0.29, 0.717) is 11.5 Å². The summed E-state index contributed by atoms with van der Waals surface area (Å²) in [6.45, 7) is 34.1. The summed E-state index contributed by atoms with van der Waals surface area (Å²) < 4.78 is 0. The summed E-state index contributed by atoms with van der Waals surface area (Å²) in [6.07, 6.45) is 0. The molecule has 6 N–H and O–H groups in total. The molecule has 2 aromatic rings. The number of phenolic OH excluding ortho intramolecular Hbond substituents is 2. The molecule has 4 atom stereocenters. The molecular formula is C38H64N4O2. The molecule has 1 aliphatic rings. The van der Waals surface area contributed by atoms with Crippen LogP contribution in [-0.4, -0.2) is 36.4 Å². The Morgan fingerprint density at radius 1 is 0.500 bits per heavy atom. The Morgan fingerprint density at radius 3 is 0.886 bits per heavy atom. The molecule has 3 rings (SSSR count). The zero-order valence-corrected chi connectivity index (χ0v) is 30.3. The third-order valence-electron chi connectivity index (χ3n) is 9.48. The summed E-state index contributed by atoms with van der Waals surface area (Å²) >= 11 is 0. The number of nitrogens with one attached hydrogen (secondary N) is 4. The van der Waals surface area contributed by atoms with Gasteiger partial charge in [-0.3, -0.25) is 0 Å². The average molecular weight is 609 g/mol. The van der Waals surface area contributed by atoms with E-state index in [1.807, 2.05) is 0 Å². The third kappa shape index (κ3) is 8.99. The molecule has 0 fully saturated rings. The van der Waals surface area contributed by atoms with Gasteiger partial charge in [0.25, 0.3) is 0 Å². The second kappa shape index (κ2) is 13.3. The topological polar surface area (TPSA) is 88.6 Å². The second-order valence-corrected chi connectivity index (χ2v) is 17.2. The van der Waals surface area contributed by atoms with Crippen LogP contribution in [-0.2, 0) is 10.8 Å². The van der Waals surface area contributed by atoms with Crippen LogP contribution in [0.2, 0.25) is 0 Å². The first kappa shape index (κ1) is 36.3. The average Bonchev–Trinajstić information content (AvgIpc) is 2.90. The molecule has 0 amide bonds. The fourth-order valence-corrected chi connectivity index (χ4v) is 5.83. The predicted molar refractivity (Wildman–Crippen MR) is 187 cm³/mol. The summed E-state index contributed by atoms with van der Waals surface area (Å²) in [7, 11) is 0. The third-order valence-corrected chi connectivity index (χ3v) is 9.48. The van der Waals surface area contributed by atoms with Crippen molar-refractivity contribution in [1.82, 2.24) is 21.3 Å². The van der Waals surface area contributed by atoms with Gasteiger partial charge in [-0.15, -0.1) is 0 Å². The van der Waals surface area contributed by atoms with Gasteiger partial charge in [0.15, 0.2) is 0 Å². The molecule has 6 heteroatoms. The summed E-state index contributed by atoms with van der Waals surface area (Å²) in [4.78, 5) is 0. The summed E-state index contributed by atoms with van der Waals surface area (Å²) in [5.74, 6) is 0.759. The first-order valence-corrected chi connectivity index (χ1v) is 16.7. The van der Waals surface area contributed by atoms with Gasteiger partial charge in [-0.25, -0.2) is 0 Å². The number of aromatic hydroxyl groups is 2. The van der Waals surface area contributed by atoms with Crippen molar-refractivity contribution in [3.8, 4) is 11.5 Å². The molecule has 44 heavy (non-hydrogen) atoms. The molecule has 1 heterocycles. The van der Waals surface area contributed by atoms with Crippen molar-refractivity contribution in [3.63, 3.8) is 0 Å². The molecule has 1 aliphatic heterocycles. The fraction of sp³-hybridized carbons (Fsp3) is 0.684. The van der Waals surface area contributed by atoms with E-state index >= 15 is 0 Å². The van der Waals surface area contributed by atoms with E-state index in [1.165, 1.54) is 11.1 Å². The first-order valence-electron chi connectivity index (χ1n) is 16.7. The highest BCUT2D eigenvalue weighted by Gasteiger charge is 2.29. The van der Waals surface area contributed by atoms with Crippen LogP contribution in [0.15, 0.2) is 24.3 Å². The van der Waals surface area contributed by atoms with Crippen molar-refractivity contribution in [1.29, 1.82) is 0 Å². The zero-order valence-electron chi connectivity index (χ0n) is 30.3. The smallest absolute Gasteiger partial charge is 0.125 e. The predicted octanol–water partition coefficient (Wildman–Crippen LogP) is 8.06. The Labute approximate surface area is 269 Å². The van der Waals surface area contributed by atoms with Crippen LogP contribution in [0.5, 0.6) is 11.5 Å². The Kier molecular flexibility index (Phi) is 11.0. The lowest BCUT2D eigenvalue weighted by molar-refractivity contribution is 0.288. The van der Waals surface area contributed by atoms with Crippen molar-refractivity contribution >= 4 is 0 Å². The van der Waals surface area contributed by atoms with E-state index in [0.717, 1.165) is 48.4 Å². The Hall–Kier alpha value is -2.12. The van der Waals surface area contributed by atoms with Gasteiger partial charge >= 0.3 is 0 Å². The highest BCUT2D eigenvalue weighted by Crippen LogP contribution is 2.39. The van der Waals surface area contributed by atoms with Gasteiger partial charge in [0.05, 0.1) is 0 Å². The normalized spacial score (nSPS) is 25.8. The maximum absolute atomic E-state index is 11.6. The van der Waals surface area contributed by atoms with Gasteiger partial charge in [-0.05, 0) is 84.7 Å². The largest absolute Gasteiger partial charge is 0.507 e. The number of rotatable bonds is 0. The Bertz CT molecular complexity index is 1110. The van der Waals surface area contributed by atoms with Crippen molar-refractivity contribution in [2.24, 2.45) is 10.8 Å². The Balaban J connectivity index is 2.06. The molecule has 0 saturated carbocycles. The van der Waals surface area contributed by atoms with Gasteiger partial charge in [0, 0.05) is 72.6 Å². The quantitative estimate of drug-likeness (QED) is 0.181. The molecular weight excluding hydrogens is 544 g/mol. The monoisotopic (exact) mass is 609 g/mol. The van der Waals surface area contributed by atoms with Crippen LogP contribution in [0.25, 0.3) is 0 Å². The molecule has 4 bridgehead atoms.